The van der Waals surface area contributed by atoms with E-state index < -0.39 is 5.41 Å². The summed E-state index contributed by atoms with van der Waals surface area (Å²) in [6, 6.07) is 87.8. The molecule has 11 aromatic carbocycles. The zero-order valence-electron chi connectivity index (χ0n) is 37.7. The van der Waals surface area contributed by atoms with E-state index >= 15 is 0 Å². The molecule has 2 aliphatic rings. The molecule has 0 fully saturated rings. The van der Waals surface area contributed by atoms with E-state index in [0.29, 0.717) is 0 Å². The number of ether oxygens (including phenoxy) is 1. The normalized spacial score (nSPS) is 13.1. The molecular weight excluding hydrogens is 873 g/mol. The summed E-state index contributed by atoms with van der Waals surface area (Å²) < 4.78 is 16.3. The highest BCUT2D eigenvalue weighted by atomic mass is 32.1. The van der Waals surface area contributed by atoms with Gasteiger partial charge >= 0.3 is 0 Å². The Hall–Kier alpha value is -8.90. The van der Waals surface area contributed by atoms with Crippen LogP contribution in [0.3, 0.4) is 0 Å². The second kappa shape index (κ2) is 15.1. The third kappa shape index (κ3) is 5.58. The third-order valence-electron chi connectivity index (χ3n) is 14.7. The van der Waals surface area contributed by atoms with Gasteiger partial charge in [-0.15, -0.1) is 11.3 Å². The minimum absolute atomic E-state index is 0.562. The van der Waals surface area contributed by atoms with E-state index in [9.17, 15) is 0 Å². The fourth-order valence-electron chi connectivity index (χ4n) is 11.8. The van der Waals surface area contributed by atoms with Crippen molar-refractivity contribution in [1.29, 1.82) is 0 Å². The molecule has 328 valence electrons. The predicted octanol–water partition coefficient (Wildman–Crippen LogP) is 18.5. The van der Waals surface area contributed by atoms with Crippen LogP contribution in [0.1, 0.15) is 22.3 Å². The van der Waals surface area contributed by atoms with Crippen molar-refractivity contribution in [3.8, 4) is 22.6 Å². The number of anilines is 6. The molecule has 0 N–H and O–H groups in total. The highest BCUT2D eigenvalue weighted by molar-refractivity contribution is 7.25. The molecule has 70 heavy (non-hydrogen) atoms. The van der Waals surface area contributed by atoms with Gasteiger partial charge in [-0.1, -0.05) is 164 Å². The lowest BCUT2D eigenvalue weighted by atomic mass is 9.66. The van der Waals surface area contributed by atoms with Gasteiger partial charge in [0.2, 0.25) is 0 Å². The summed E-state index contributed by atoms with van der Waals surface area (Å²) in [5.41, 5.74) is 14.7. The molecule has 4 nitrogen and oxygen atoms in total. The van der Waals surface area contributed by atoms with E-state index in [1.54, 1.807) is 0 Å². The Bertz CT molecular complexity index is 4220. The van der Waals surface area contributed by atoms with Crippen molar-refractivity contribution in [2.45, 2.75) is 5.41 Å². The molecule has 1 spiro atoms. The second-order valence-electron chi connectivity index (χ2n) is 18.3. The summed E-state index contributed by atoms with van der Waals surface area (Å²) in [6.45, 7) is 0. The number of hydrogen-bond donors (Lipinski definition) is 0. The Morgan fingerprint density at radius 2 is 0.929 bits per heavy atom. The first-order chi connectivity index (χ1) is 34.7. The number of rotatable bonds is 6. The van der Waals surface area contributed by atoms with Gasteiger partial charge in [-0.3, -0.25) is 0 Å². The Labute approximate surface area is 408 Å². The smallest absolute Gasteiger partial charge is 0.138 e. The molecule has 5 heteroatoms. The lowest BCUT2D eigenvalue weighted by molar-refractivity contribution is 0.436. The first-order valence-corrected chi connectivity index (χ1v) is 24.6. The minimum Gasteiger partial charge on any atom is -0.457 e. The third-order valence-corrected chi connectivity index (χ3v) is 15.8. The van der Waals surface area contributed by atoms with Gasteiger partial charge < -0.3 is 19.0 Å². The maximum absolute atomic E-state index is 7.11. The van der Waals surface area contributed by atoms with Crippen LogP contribution in [0.25, 0.3) is 64.0 Å². The highest BCUT2D eigenvalue weighted by Crippen LogP contribution is 2.62. The largest absolute Gasteiger partial charge is 0.457 e. The zero-order valence-corrected chi connectivity index (χ0v) is 38.5. The molecule has 0 unspecified atom stereocenters. The average Bonchev–Trinajstić information content (AvgIpc) is 4.07. The Kier molecular flexibility index (Phi) is 8.41. The van der Waals surface area contributed by atoms with Crippen molar-refractivity contribution >= 4 is 98.3 Å². The molecule has 0 saturated carbocycles. The summed E-state index contributed by atoms with van der Waals surface area (Å²) in [4.78, 5) is 4.81. The lowest BCUT2D eigenvalue weighted by Gasteiger charge is -2.40. The molecule has 0 radical (unpaired) electrons. The molecule has 13 aromatic rings. The van der Waals surface area contributed by atoms with Crippen LogP contribution in [0.15, 0.2) is 247 Å². The van der Waals surface area contributed by atoms with Crippen molar-refractivity contribution < 1.29 is 9.15 Å². The Morgan fingerprint density at radius 1 is 0.343 bits per heavy atom. The molecule has 0 atom stereocenters. The van der Waals surface area contributed by atoms with E-state index in [1.165, 1.54) is 42.4 Å². The minimum atomic E-state index is -0.562. The summed E-state index contributed by atoms with van der Waals surface area (Å²) >= 11 is 1.84. The molecule has 0 saturated heterocycles. The first-order valence-electron chi connectivity index (χ1n) is 23.8. The predicted molar refractivity (Wildman–Crippen MR) is 291 cm³/mol. The van der Waals surface area contributed by atoms with Crippen LogP contribution >= 0.6 is 11.3 Å². The van der Waals surface area contributed by atoms with Crippen LogP contribution in [0, 0.1) is 0 Å². The maximum Gasteiger partial charge on any atom is 0.138 e. The topological polar surface area (TPSA) is 28.9 Å². The summed E-state index contributed by atoms with van der Waals surface area (Å²) in [5.74, 6) is 1.70. The molecule has 0 bridgehead atoms. The van der Waals surface area contributed by atoms with E-state index in [0.717, 1.165) is 89.5 Å². The quantitative estimate of drug-likeness (QED) is 0.166. The Balaban J connectivity index is 0.976. The average molecular weight is 913 g/mol. The number of nitrogens with zero attached hydrogens (tertiary/aromatic N) is 2. The molecular formula is C65H40N2O2S. The Morgan fingerprint density at radius 3 is 1.76 bits per heavy atom. The number of para-hydroxylation sites is 3. The number of fused-ring (bicyclic) bond motifs is 16. The molecule has 0 amide bonds. The van der Waals surface area contributed by atoms with Crippen LogP contribution in [0.2, 0.25) is 0 Å². The van der Waals surface area contributed by atoms with Gasteiger partial charge in [0, 0.05) is 76.6 Å². The summed E-state index contributed by atoms with van der Waals surface area (Å²) in [6.07, 6.45) is 0. The SMILES string of the molecule is c1ccc(N(c2cccc(N(c3ccc4c(c3)Oc3ccccc3C43c4ccccc4-c4ccccc43)c3ccc4c(c3)sc3ccccc34)c2)c2c3ccccc3cc3oc4ccccc4c23)cc1. The fraction of sp³-hybridized carbons (Fsp3) is 0.0154. The van der Waals surface area contributed by atoms with Crippen LogP contribution in [-0.4, -0.2) is 0 Å². The summed E-state index contributed by atoms with van der Waals surface area (Å²) in [5, 5.41) is 6.93. The van der Waals surface area contributed by atoms with Gasteiger partial charge in [0.1, 0.15) is 22.7 Å². The number of hydrogen-bond acceptors (Lipinski definition) is 5. The van der Waals surface area contributed by atoms with Crippen molar-refractivity contribution in [2.24, 2.45) is 0 Å². The van der Waals surface area contributed by atoms with Gasteiger partial charge in [-0.2, -0.15) is 0 Å². The molecule has 1 aliphatic heterocycles. The van der Waals surface area contributed by atoms with Crippen LogP contribution < -0.4 is 14.5 Å². The van der Waals surface area contributed by atoms with Crippen molar-refractivity contribution in [1.82, 2.24) is 0 Å². The van der Waals surface area contributed by atoms with E-state index in [4.69, 9.17) is 9.15 Å². The zero-order chi connectivity index (χ0) is 45.9. The van der Waals surface area contributed by atoms with Crippen molar-refractivity contribution in [2.75, 3.05) is 9.80 Å². The van der Waals surface area contributed by atoms with Gasteiger partial charge in [0.25, 0.3) is 0 Å². The van der Waals surface area contributed by atoms with Gasteiger partial charge in [-0.25, -0.2) is 0 Å². The number of furan rings is 1. The summed E-state index contributed by atoms with van der Waals surface area (Å²) in [7, 11) is 0. The second-order valence-corrected chi connectivity index (χ2v) is 19.4. The van der Waals surface area contributed by atoms with Crippen LogP contribution in [0.5, 0.6) is 11.5 Å². The highest BCUT2D eigenvalue weighted by Gasteiger charge is 2.51. The number of thiophene rings is 1. The van der Waals surface area contributed by atoms with Crippen LogP contribution in [-0.2, 0) is 5.41 Å². The van der Waals surface area contributed by atoms with Crippen molar-refractivity contribution in [3.05, 3.63) is 265 Å². The van der Waals surface area contributed by atoms with Gasteiger partial charge in [0.15, 0.2) is 0 Å². The standard InChI is InChI=1S/C65H40N2O2S/c1-2-18-42(19-3-1)67(64-47-22-5-4-17-41(47)37-60-63(64)52-26-8-13-30-57(52)68-60)44-21-16-20-43(38-44)66(46-33-35-51-50-25-9-15-32-61(50)70-62(51)40-46)45-34-36-56-59(39-45)69-58-31-14-12-29-55(58)65(56)53-27-10-6-23-48(53)49-24-7-11-28-54(49)65/h1-40H. The van der Waals surface area contributed by atoms with Crippen molar-refractivity contribution in [3.63, 3.8) is 0 Å². The molecule has 2 aromatic heterocycles. The maximum atomic E-state index is 7.11. The molecule has 3 heterocycles. The van der Waals surface area contributed by atoms with E-state index in [-0.39, 0.29) is 0 Å². The number of benzene rings is 11. The lowest BCUT2D eigenvalue weighted by Crippen LogP contribution is -2.32. The first kappa shape index (κ1) is 39.1. The molecule has 15 rings (SSSR count). The van der Waals surface area contributed by atoms with Crippen LogP contribution in [0.4, 0.5) is 34.1 Å². The van der Waals surface area contributed by atoms with E-state index in [1.807, 2.05) is 17.4 Å². The molecule has 1 aliphatic carbocycles. The van der Waals surface area contributed by atoms with Gasteiger partial charge in [-0.05, 0) is 100 Å². The van der Waals surface area contributed by atoms with E-state index in [2.05, 4.69) is 246 Å². The monoisotopic (exact) mass is 912 g/mol. The van der Waals surface area contributed by atoms with Gasteiger partial charge in [0.05, 0.1) is 16.5 Å². The fourth-order valence-corrected chi connectivity index (χ4v) is 12.9.